The van der Waals surface area contributed by atoms with Crippen LogP contribution in [0.4, 0.5) is 0 Å². The maximum absolute atomic E-state index is 5.32. The third-order valence-electron chi connectivity index (χ3n) is 2.55. The Balaban J connectivity index is -0.000000286. The molecular formula is C22H39N. The number of benzene rings is 1. The van der Waals surface area contributed by atoms with Crippen LogP contribution in [0.2, 0.25) is 0 Å². The van der Waals surface area contributed by atoms with Crippen LogP contribution in [0, 0.1) is 0 Å². The van der Waals surface area contributed by atoms with Crippen molar-refractivity contribution in [3.8, 4) is 0 Å². The average molecular weight is 318 g/mol. The van der Waals surface area contributed by atoms with Crippen molar-refractivity contribution >= 4 is 0 Å². The lowest BCUT2D eigenvalue weighted by Gasteiger charge is -1.95. The molecule has 0 unspecified atom stereocenters. The fourth-order valence-electron chi connectivity index (χ4n) is 1.55. The minimum absolute atomic E-state index is 0.737. The van der Waals surface area contributed by atoms with Crippen molar-refractivity contribution in [1.29, 1.82) is 0 Å². The van der Waals surface area contributed by atoms with E-state index in [0.29, 0.717) is 0 Å². The fraction of sp³-hybridized carbons (Fsp3) is 0.455. The van der Waals surface area contributed by atoms with E-state index in [2.05, 4.69) is 50.4 Å². The molecule has 23 heavy (non-hydrogen) atoms. The maximum atomic E-state index is 5.32. The first-order chi connectivity index (χ1) is 11.2. The zero-order valence-electron chi connectivity index (χ0n) is 16.1. The van der Waals surface area contributed by atoms with E-state index in [1.807, 2.05) is 39.8 Å². The molecule has 2 N–H and O–H groups in total. The maximum Gasteiger partial charge on any atom is -0.00741 e. The van der Waals surface area contributed by atoms with Gasteiger partial charge < -0.3 is 5.73 Å². The van der Waals surface area contributed by atoms with E-state index in [9.17, 15) is 0 Å². The van der Waals surface area contributed by atoms with E-state index in [4.69, 9.17) is 5.73 Å². The quantitative estimate of drug-likeness (QED) is 0.555. The molecule has 0 bridgehead atoms. The molecule has 0 saturated heterocycles. The molecule has 0 aliphatic rings. The van der Waals surface area contributed by atoms with Crippen molar-refractivity contribution in [2.24, 2.45) is 5.73 Å². The van der Waals surface area contributed by atoms with Crippen LogP contribution in [-0.2, 0) is 6.42 Å². The van der Waals surface area contributed by atoms with Crippen LogP contribution in [0.25, 0.3) is 0 Å². The standard InChI is InChI=1S/C9H15N.C9H12.2C2H6/c1-3-4-6-9(2)7-5-8-10;1-2-6-9-7-4-3-5-8-9;2*1-2/h3-4,6H,1-2,5,7-8,10H2;3-5,7-8H,2,6H2,1H3;2*1-2H3/b6-4-;;;. The van der Waals surface area contributed by atoms with E-state index < -0.39 is 0 Å². The van der Waals surface area contributed by atoms with Crippen molar-refractivity contribution in [2.75, 3.05) is 6.54 Å². The normalized spacial score (nSPS) is 8.61. The van der Waals surface area contributed by atoms with E-state index in [1.54, 1.807) is 6.08 Å². The van der Waals surface area contributed by atoms with Gasteiger partial charge in [0.1, 0.15) is 0 Å². The lowest BCUT2D eigenvalue weighted by atomic mass is 10.1. The van der Waals surface area contributed by atoms with Crippen LogP contribution < -0.4 is 5.73 Å². The third-order valence-corrected chi connectivity index (χ3v) is 2.55. The highest BCUT2D eigenvalue weighted by Gasteiger charge is 1.85. The zero-order chi connectivity index (χ0) is 18.3. The summed E-state index contributed by atoms with van der Waals surface area (Å²) < 4.78 is 0. The second-order valence-corrected chi connectivity index (χ2v) is 4.38. The molecular weight excluding hydrogens is 278 g/mol. The molecule has 0 radical (unpaired) electrons. The van der Waals surface area contributed by atoms with Gasteiger partial charge in [-0.3, -0.25) is 0 Å². The molecule has 0 saturated carbocycles. The number of aryl methyl sites for hydroxylation is 1. The molecule has 0 heterocycles. The van der Waals surface area contributed by atoms with Gasteiger partial charge in [-0.05, 0) is 31.4 Å². The molecule has 0 fully saturated rings. The second kappa shape index (κ2) is 25.4. The van der Waals surface area contributed by atoms with E-state index in [1.165, 1.54) is 18.4 Å². The molecule has 1 heteroatoms. The highest BCUT2D eigenvalue weighted by atomic mass is 14.5. The summed E-state index contributed by atoms with van der Waals surface area (Å²) in [7, 11) is 0. The van der Waals surface area contributed by atoms with Crippen LogP contribution in [0.5, 0.6) is 0 Å². The second-order valence-electron chi connectivity index (χ2n) is 4.38. The predicted octanol–water partition coefficient (Wildman–Crippen LogP) is 6.72. The molecule has 1 aromatic rings. The molecule has 0 spiro atoms. The van der Waals surface area contributed by atoms with Crippen LogP contribution in [0.1, 0.15) is 59.4 Å². The topological polar surface area (TPSA) is 26.0 Å². The highest BCUT2D eigenvalue weighted by molar-refractivity contribution is 5.17. The Hall–Kier alpha value is -1.60. The lowest BCUT2D eigenvalue weighted by molar-refractivity contribution is 0.837. The van der Waals surface area contributed by atoms with Crippen molar-refractivity contribution in [3.05, 3.63) is 72.9 Å². The summed E-state index contributed by atoms with van der Waals surface area (Å²) in [6.45, 7) is 18.3. The van der Waals surface area contributed by atoms with Crippen LogP contribution in [0.3, 0.4) is 0 Å². The zero-order valence-corrected chi connectivity index (χ0v) is 16.1. The van der Waals surface area contributed by atoms with Gasteiger partial charge in [-0.2, -0.15) is 0 Å². The summed E-state index contributed by atoms with van der Waals surface area (Å²) in [4.78, 5) is 0. The van der Waals surface area contributed by atoms with Gasteiger partial charge in [0.15, 0.2) is 0 Å². The Morgan fingerprint density at radius 3 is 2.09 bits per heavy atom. The molecule has 0 aliphatic heterocycles. The van der Waals surface area contributed by atoms with E-state index >= 15 is 0 Å². The van der Waals surface area contributed by atoms with Crippen molar-refractivity contribution in [3.63, 3.8) is 0 Å². The van der Waals surface area contributed by atoms with Gasteiger partial charge in [0.25, 0.3) is 0 Å². The molecule has 1 nitrogen and oxygen atoms in total. The third kappa shape index (κ3) is 22.8. The Bertz CT molecular complexity index is 363. The van der Waals surface area contributed by atoms with Crippen LogP contribution in [-0.4, -0.2) is 6.54 Å². The molecule has 0 aromatic heterocycles. The Morgan fingerprint density at radius 1 is 1.09 bits per heavy atom. The van der Waals surface area contributed by atoms with E-state index in [-0.39, 0.29) is 0 Å². The first-order valence-corrected chi connectivity index (χ1v) is 8.95. The van der Waals surface area contributed by atoms with Gasteiger partial charge in [0.05, 0.1) is 0 Å². The summed E-state index contributed by atoms with van der Waals surface area (Å²) in [6.07, 6.45) is 10.0. The lowest BCUT2D eigenvalue weighted by Crippen LogP contribution is -1.97. The van der Waals surface area contributed by atoms with Crippen molar-refractivity contribution in [1.82, 2.24) is 0 Å². The minimum Gasteiger partial charge on any atom is -0.330 e. The first kappa shape index (κ1) is 26.3. The van der Waals surface area contributed by atoms with E-state index in [0.717, 1.165) is 25.0 Å². The van der Waals surface area contributed by atoms with Gasteiger partial charge in [0, 0.05) is 0 Å². The van der Waals surface area contributed by atoms with Gasteiger partial charge in [0.2, 0.25) is 0 Å². The first-order valence-electron chi connectivity index (χ1n) is 8.95. The summed E-state index contributed by atoms with van der Waals surface area (Å²) in [6, 6.07) is 10.6. The molecule has 132 valence electrons. The molecule has 0 amide bonds. The van der Waals surface area contributed by atoms with Crippen molar-refractivity contribution < 1.29 is 0 Å². The number of hydrogen-bond donors (Lipinski definition) is 1. The summed E-state index contributed by atoms with van der Waals surface area (Å²) in [5.41, 5.74) is 7.88. The van der Waals surface area contributed by atoms with Gasteiger partial charge in [-0.25, -0.2) is 0 Å². The minimum atomic E-state index is 0.737. The number of rotatable bonds is 7. The number of nitrogens with two attached hydrogens (primary N) is 1. The molecule has 0 atom stereocenters. The van der Waals surface area contributed by atoms with Crippen molar-refractivity contribution in [2.45, 2.75) is 60.3 Å². The smallest absolute Gasteiger partial charge is 0.00741 e. The Morgan fingerprint density at radius 2 is 1.65 bits per heavy atom. The molecule has 0 aliphatic carbocycles. The summed E-state index contributed by atoms with van der Waals surface area (Å²) in [5, 5.41) is 0. The Kier molecular flexibility index (Phi) is 29.0. The summed E-state index contributed by atoms with van der Waals surface area (Å²) >= 11 is 0. The molecule has 1 aromatic carbocycles. The highest BCUT2D eigenvalue weighted by Crippen LogP contribution is 2.02. The number of allylic oxidation sites excluding steroid dienone is 4. The number of hydrogen-bond acceptors (Lipinski definition) is 1. The van der Waals surface area contributed by atoms with Crippen LogP contribution >= 0.6 is 0 Å². The van der Waals surface area contributed by atoms with Gasteiger partial charge in [-0.15, -0.1) is 0 Å². The van der Waals surface area contributed by atoms with Crippen LogP contribution in [0.15, 0.2) is 67.3 Å². The molecule has 1 rings (SSSR count). The largest absolute Gasteiger partial charge is 0.330 e. The Labute approximate surface area is 146 Å². The SMILES string of the molecule is C=C/C=C\C(=C)CCCN.CC.CC.CCCc1ccccc1. The average Bonchev–Trinajstić information content (AvgIpc) is 2.63. The summed E-state index contributed by atoms with van der Waals surface area (Å²) in [5.74, 6) is 0. The van der Waals surface area contributed by atoms with Gasteiger partial charge in [-0.1, -0.05) is 108 Å². The predicted molar refractivity (Wildman–Crippen MR) is 110 cm³/mol. The van der Waals surface area contributed by atoms with Gasteiger partial charge >= 0.3 is 0 Å². The monoisotopic (exact) mass is 317 g/mol. The fourth-order valence-corrected chi connectivity index (χ4v) is 1.55.